The van der Waals surface area contributed by atoms with E-state index >= 15 is 0 Å². The predicted molar refractivity (Wildman–Crippen MR) is 84.4 cm³/mol. The number of thiazole rings is 1. The van der Waals surface area contributed by atoms with E-state index in [4.69, 9.17) is 4.74 Å². The van der Waals surface area contributed by atoms with Gasteiger partial charge in [-0.2, -0.15) is 0 Å². The molecule has 21 heavy (non-hydrogen) atoms. The van der Waals surface area contributed by atoms with Gasteiger partial charge in [0.25, 0.3) is 0 Å². The maximum absolute atomic E-state index is 12.3. The van der Waals surface area contributed by atoms with E-state index in [2.05, 4.69) is 31.1 Å². The molecule has 1 N–H and O–H groups in total. The second kappa shape index (κ2) is 7.75. The van der Waals surface area contributed by atoms with Crippen molar-refractivity contribution in [2.24, 2.45) is 5.92 Å². The van der Waals surface area contributed by atoms with Gasteiger partial charge in [-0.1, -0.05) is 20.8 Å². The van der Waals surface area contributed by atoms with Crippen LogP contribution in [0.3, 0.4) is 0 Å². The van der Waals surface area contributed by atoms with Crippen LogP contribution >= 0.6 is 11.3 Å². The fourth-order valence-corrected chi connectivity index (χ4v) is 3.14. The number of aromatic nitrogens is 1. The molecule has 2 rings (SSSR count). The number of likely N-dealkylation sites (tertiary alicyclic amines) is 1. The van der Waals surface area contributed by atoms with Gasteiger partial charge in [0, 0.05) is 31.3 Å². The number of amides is 2. The van der Waals surface area contributed by atoms with Crippen molar-refractivity contribution in [3.8, 4) is 0 Å². The molecular formula is C15H25N3O2S. The van der Waals surface area contributed by atoms with Crippen molar-refractivity contribution in [1.29, 1.82) is 0 Å². The highest BCUT2D eigenvalue weighted by atomic mass is 32.1. The molecule has 1 fully saturated rings. The predicted octanol–water partition coefficient (Wildman–Crippen LogP) is 3.05. The van der Waals surface area contributed by atoms with Crippen LogP contribution in [0, 0.1) is 5.92 Å². The number of urea groups is 1. The molecule has 1 aromatic rings. The van der Waals surface area contributed by atoms with Gasteiger partial charge < -0.3 is 15.0 Å². The van der Waals surface area contributed by atoms with Crippen LogP contribution in [0.4, 0.5) is 4.79 Å². The average Bonchev–Trinajstić information content (AvgIpc) is 3.13. The molecule has 0 radical (unpaired) electrons. The smallest absolute Gasteiger partial charge is 0.318 e. The Balaban J connectivity index is 1.81. The van der Waals surface area contributed by atoms with E-state index in [0.29, 0.717) is 12.5 Å². The summed E-state index contributed by atoms with van der Waals surface area (Å²) in [6, 6.07) is 0.000768. The summed E-state index contributed by atoms with van der Waals surface area (Å²) >= 11 is 1.58. The minimum absolute atomic E-state index is 0.00676. The topological polar surface area (TPSA) is 54.5 Å². The summed E-state index contributed by atoms with van der Waals surface area (Å²) in [5.74, 6) is 0.530. The summed E-state index contributed by atoms with van der Waals surface area (Å²) in [5, 5.41) is 5.99. The normalized spacial score (nSPS) is 20.0. The Labute approximate surface area is 130 Å². The van der Waals surface area contributed by atoms with E-state index in [1.54, 1.807) is 17.5 Å². The summed E-state index contributed by atoms with van der Waals surface area (Å²) in [6.07, 6.45) is 3.73. The first kappa shape index (κ1) is 16.2. The third kappa shape index (κ3) is 4.68. The number of carbonyl (C=O) groups excluding carboxylic acids is 1. The summed E-state index contributed by atoms with van der Waals surface area (Å²) in [6.45, 7) is 8.55. The Morgan fingerprint density at radius 1 is 1.62 bits per heavy atom. The van der Waals surface area contributed by atoms with Crippen LogP contribution in [0.2, 0.25) is 0 Å². The molecule has 0 aliphatic carbocycles. The van der Waals surface area contributed by atoms with Gasteiger partial charge in [-0.15, -0.1) is 11.3 Å². The lowest BCUT2D eigenvalue weighted by molar-refractivity contribution is 0.0435. The highest BCUT2D eigenvalue weighted by molar-refractivity contribution is 7.09. The number of nitrogens with one attached hydrogen (secondary N) is 1. The molecule has 1 saturated heterocycles. The number of ether oxygens (including phenoxy) is 1. The van der Waals surface area contributed by atoms with Crippen LogP contribution in [-0.4, -0.2) is 41.7 Å². The van der Waals surface area contributed by atoms with Crippen LogP contribution in [0.1, 0.15) is 44.7 Å². The van der Waals surface area contributed by atoms with Gasteiger partial charge >= 0.3 is 6.03 Å². The van der Waals surface area contributed by atoms with Crippen molar-refractivity contribution in [2.75, 3.05) is 19.7 Å². The van der Waals surface area contributed by atoms with Gasteiger partial charge in [-0.05, 0) is 18.8 Å². The Bertz CT molecular complexity index is 436. The molecule has 2 atom stereocenters. The minimum Gasteiger partial charge on any atom is -0.376 e. The molecule has 0 unspecified atom stereocenters. The van der Waals surface area contributed by atoms with Crippen LogP contribution in [0.15, 0.2) is 11.6 Å². The van der Waals surface area contributed by atoms with E-state index in [-0.39, 0.29) is 18.2 Å². The first-order chi connectivity index (χ1) is 10.1. The summed E-state index contributed by atoms with van der Waals surface area (Å²) in [5.41, 5.74) is 0. The first-order valence-electron chi connectivity index (χ1n) is 7.66. The monoisotopic (exact) mass is 311 g/mol. The molecule has 1 aromatic heterocycles. The van der Waals surface area contributed by atoms with E-state index in [1.165, 1.54) is 0 Å². The third-order valence-corrected chi connectivity index (χ3v) is 4.44. The van der Waals surface area contributed by atoms with Crippen LogP contribution in [0.5, 0.6) is 0 Å². The molecule has 6 heteroatoms. The zero-order valence-corrected chi connectivity index (χ0v) is 13.9. The van der Waals surface area contributed by atoms with Gasteiger partial charge in [-0.25, -0.2) is 9.78 Å². The van der Waals surface area contributed by atoms with E-state index in [9.17, 15) is 4.79 Å². The van der Waals surface area contributed by atoms with Crippen LogP contribution in [0.25, 0.3) is 0 Å². The van der Waals surface area contributed by atoms with E-state index in [0.717, 1.165) is 31.0 Å². The number of nitrogens with zero attached hydrogens (tertiary/aromatic N) is 2. The first-order valence-corrected chi connectivity index (χ1v) is 8.54. The fourth-order valence-electron chi connectivity index (χ4n) is 2.36. The Morgan fingerprint density at radius 3 is 3.05 bits per heavy atom. The minimum atomic E-state index is -0.00676. The molecule has 118 valence electrons. The lowest BCUT2D eigenvalue weighted by atomic mass is 10.2. The van der Waals surface area contributed by atoms with Crippen LogP contribution in [-0.2, 0) is 4.74 Å². The number of hydrogen-bond donors (Lipinski definition) is 1. The summed E-state index contributed by atoms with van der Waals surface area (Å²) in [7, 11) is 0. The zero-order valence-electron chi connectivity index (χ0n) is 13.0. The van der Waals surface area contributed by atoms with Gasteiger partial charge in [-0.3, -0.25) is 0 Å². The largest absolute Gasteiger partial charge is 0.376 e. The lowest BCUT2D eigenvalue weighted by Gasteiger charge is -2.21. The molecule has 0 spiro atoms. The molecule has 2 amide bonds. The van der Waals surface area contributed by atoms with Crippen molar-refractivity contribution in [2.45, 2.75) is 45.8 Å². The molecule has 0 saturated carbocycles. The highest BCUT2D eigenvalue weighted by Crippen LogP contribution is 2.20. The average molecular weight is 311 g/mol. The molecule has 5 nitrogen and oxygen atoms in total. The molecule has 1 aliphatic heterocycles. The summed E-state index contributed by atoms with van der Waals surface area (Å²) < 4.78 is 5.82. The maximum Gasteiger partial charge on any atom is 0.318 e. The van der Waals surface area contributed by atoms with E-state index < -0.39 is 0 Å². The van der Waals surface area contributed by atoms with Crippen molar-refractivity contribution >= 4 is 17.4 Å². The van der Waals surface area contributed by atoms with Gasteiger partial charge in [0.15, 0.2) is 0 Å². The van der Waals surface area contributed by atoms with Gasteiger partial charge in [0.05, 0.1) is 12.1 Å². The quantitative estimate of drug-likeness (QED) is 0.878. The number of hydrogen-bond acceptors (Lipinski definition) is 4. The Morgan fingerprint density at radius 2 is 2.43 bits per heavy atom. The highest BCUT2D eigenvalue weighted by Gasteiger charge is 2.28. The lowest BCUT2D eigenvalue weighted by Crippen LogP contribution is -2.40. The summed E-state index contributed by atoms with van der Waals surface area (Å²) in [4.78, 5) is 18.5. The number of carbonyl (C=O) groups is 1. The van der Waals surface area contributed by atoms with Gasteiger partial charge in [0.2, 0.25) is 0 Å². The molecule has 1 aliphatic rings. The molecular weight excluding hydrogens is 286 g/mol. The van der Waals surface area contributed by atoms with Gasteiger partial charge in [0.1, 0.15) is 5.01 Å². The standard InChI is InChI=1S/C15H25N3O2S/c1-4-13(14-16-6-8-21-14)17-15(19)18-7-5-12(9-18)20-10-11(2)3/h6,8,11-13H,4-5,7,9-10H2,1-3H3,(H,17,19)/t12-,13-/m1/s1. The molecule has 0 aromatic carbocycles. The Hall–Kier alpha value is -1.14. The van der Waals surface area contributed by atoms with Crippen molar-refractivity contribution in [1.82, 2.24) is 15.2 Å². The van der Waals surface area contributed by atoms with Crippen molar-refractivity contribution in [3.63, 3.8) is 0 Å². The molecule has 0 bridgehead atoms. The zero-order chi connectivity index (χ0) is 15.2. The maximum atomic E-state index is 12.3. The van der Waals surface area contributed by atoms with Crippen LogP contribution < -0.4 is 5.32 Å². The molecule has 2 heterocycles. The fraction of sp³-hybridized carbons (Fsp3) is 0.733. The SMILES string of the molecule is CC[C@@H](NC(=O)N1CC[C@@H](OCC(C)C)C1)c1nccs1. The third-order valence-electron chi connectivity index (χ3n) is 3.55. The second-order valence-corrected chi connectivity index (χ2v) is 6.79. The van der Waals surface area contributed by atoms with E-state index in [1.807, 2.05) is 10.3 Å². The van der Waals surface area contributed by atoms with Crippen molar-refractivity contribution < 1.29 is 9.53 Å². The number of rotatable bonds is 6. The Kier molecular flexibility index (Phi) is 5.99. The van der Waals surface area contributed by atoms with Crippen molar-refractivity contribution in [3.05, 3.63) is 16.6 Å². The second-order valence-electron chi connectivity index (χ2n) is 5.86.